The van der Waals surface area contributed by atoms with Crippen LogP contribution in [0, 0.1) is 11.6 Å². The van der Waals surface area contributed by atoms with Gasteiger partial charge < -0.3 is 9.74 Å². The summed E-state index contributed by atoms with van der Waals surface area (Å²) in [7, 11) is 0. The largest absolute Gasteiger partial charge is 0.382 e. The second kappa shape index (κ2) is 6.86. The molecule has 134 valence electrons. The summed E-state index contributed by atoms with van der Waals surface area (Å²) in [5, 5.41) is 3.96. The Kier molecular flexibility index (Phi) is 4.41. The SMILES string of the molecule is O=C([C@@H]1CC(c2cccc(F)c2)=NO1)N(Cc1ccccc1F)C1CC1. The van der Waals surface area contributed by atoms with Crippen molar-refractivity contribution < 1.29 is 18.4 Å². The fraction of sp³-hybridized carbons (Fsp3) is 0.300. The molecule has 0 saturated heterocycles. The lowest BCUT2D eigenvalue weighted by Crippen LogP contribution is -2.40. The molecule has 2 aromatic carbocycles. The molecule has 2 aliphatic rings. The molecule has 0 spiro atoms. The third-order valence-corrected chi connectivity index (χ3v) is 4.67. The zero-order chi connectivity index (χ0) is 18.1. The number of hydrogen-bond donors (Lipinski definition) is 0. The van der Waals surface area contributed by atoms with Crippen molar-refractivity contribution in [2.75, 3.05) is 0 Å². The van der Waals surface area contributed by atoms with Crippen LogP contribution in [0.15, 0.2) is 53.7 Å². The first-order valence-electron chi connectivity index (χ1n) is 8.64. The molecular formula is C20H18F2N2O2. The maximum Gasteiger partial charge on any atom is 0.267 e. The van der Waals surface area contributed by atoms with Gasteiger partial charge in [0.1, 0.15) is 11.6 Å². The van der Waals surface area contributed by atoms with E-state index in [0.29, 0.717) is 16.8 Å². The summed E-state index contributed by atoms with van der Waals surface area (Å²) in [6.07, 6.45) is 1.35. The lowest BCUT2D eigenvalue weighted by Gasteiger charge is -2.24. The number of carbonyl (C=O) groups excluding carboxylic acids is 1. The summed E-state index contributed by atoms with van der Waals surface area (Å²) >= 11 is 0. The fourth-order valence-corrected chi connectivity index (χ4v) is 3.12. The van der Waals surface area contributed by atoms with Crippen molar-refractivity contribution in [3.63, 3.8) is 0 Å². The maximum atomic E-state index is 14.0. The fourth-order valence-electron chi connectivity index (χ4n) is 3.12. The standard InChI is InChI=1S/C20H18F2N2O2/c21-15-6-3-5-13(10-15)18-11-19(26-23-18)20(25)24(16-8-9-16)12-14-4-1-2-7-17(14)22/h1-7,10,16,19H,8-9,11-12H2/t19-/m0/s1. The van der Waals surface area contributed by atoms with Gasteiger partial charge in [0.15, 0.2) is 0 Å². The molecule has 6 heteroatoms. The van der Waals surface area contributed by atoms with Gasteiger partial charge in [-0.15, -0.1) is 0 Å². The molecule has 0 bridgehead atoms. The van der Waals surface area contributed by atoms with Crippen LogP contribution in [0.2, 0.25) is 0 Å². The van der Waals surface area contributed by atoms with Crippen LogP contribution >= 0.6 is 0 Å². The number of hydrogen-bond acceptors (Lipinski definition) is 3. The van der Waals surface area contributed by atoms with Gasteiger partial charge in [-0.2, -0.15) is 0 Å². The molecule has 1 aliphatic heterocycles. The lowest BCUT2D eigenvalue weighted by atomic mass is 10.0. The van der Waals surface area contributed by atoms with E-state index in [4.69, 9.17) is 4.84 Å². The average Bonchev–Trinajstić information content (AvgIpc) is 3.36. The molecule has 1 heterocycles. The van der Waals surface area contributed by atoms with E-state index < -0.39 is 6.10 Å². The highest BCUT2D eigenvalue weighted by molar-refractivity contribution is 6.04. The quantitative estimate of drug-likeness (QED) is 0.821. The number of rotatable bonds is 5. The number of benzene rings is 2. The Morgan fingerprint density at radius 3 is 2.69 bits per heavy atom. The highest BCUT2D eigenvalue weighted by Gasteiger charge is 2.39. The van der Waals surface area contributed by atoms with Crippen LogP contribution in [-0.2, 0) is 16.2 Å². The van der Waals surface area contributed by atoms with E-state index in [-0.39, 0.29) is 36.5 Å². The number of amides is 1. The first kappa shape index (κ1) is 16.7. The normalized spacial score (nSPS) is 19.0. The van der Waals surface area contributed by atoms with Gasteiger partial charge in [0.05, 0.1) is 5.71 Å². The van der Waals surface area contributed by atoms with Crippen molar-refractivity contribution in [1.29, 1.82) is 0 Å². The van der Waals surface area contributed by atoms with Gasteiger partial charge in [0.25, 0.3) is 5.91 Å². The Bertz CT molecular complexity index is 864. The predicted octanol–water partition coefficient (Wildman–Crippen LogP) is 3.65. The Balaban J connectivity index is 1.47. The molecule has 0 N–H and O–H groups in total. The van der Waals surface area contributed by atoms with Gasteiger partial charge in [-0.25, -0.2) is 8.78 Å². The molecule has 1 aliphatic carbocycles. The number of nitrogens with zero attached hydrogens (tertiary/aromatic N) is 2. The highest BCUT2D eigenvalue weighted by Crippen LogP contribution is 2.31. The maximum absolute atomic E-state index is 14.0. The van der Waals surface area contributed by atoms with E-state index in [1.54, 1.807) is 35.2 Å². The van der Waals surface area contributed by atoms with E-state index in [9.17, 15) is 13.6 Å². The third-order valence-electron chi connectivity index (χ3n) is 4.67. The van der Waals surface area contributed by atoms with Crippen molar-refractivity contribution >= 4 is 11.6 Å². The van der Waals surface area contributed by atoms with Gasteiger partial charge in [-0.1, -0.05) is 35.5 Å². The minimum atomic E-state index is -0.749. The van der Waals surface area contributed by atoms with Gasteiger partial charge in [-0.3, -0.25) is 4.79 Å². The van der Waals surface area contributed by atoms with Crippen LogP contribution in [-0.4, -0.2) is 28.7 Å². The first-order chi connectivity index (χ1) is 12.6. The summed E-state index contributed by atoms with van der Waals surface area (Å²) in [5.74, 6) is -0.889. The zero-order valence-electron chi connectivity index (χ0n) is 14.1. The molecule has 0 unspecified atom stereocenters. The molecule has 2 aromatic rings. The molecule has 1 atom stereocenters. The molecule has 4 nitrogen and oxygen atoms in total. The molecule has 0 aromatic heterocycles. The molecule has 26 heavy (non-hydrogen) atoms. The molecular weight excluding hydrogens is 338 g/mol. The van der Waals surface area contributed by atoms with Crippen molar-refractivity contribution in [2.45, 2.75) is 38.0 Å². The molecule has 1 fully saturated rings. The van der Waals surface area contributed by atoms with Crippen molar-refractivity contribution in [3.05, 3.63) is 71.3 Å². The van der Waals surface area contributed by atoms with Crippen molar-refractivity contribution in [1.82, 2.24) is 4.90 Å². The van der Waals surface area contributed by atoms with Crippen LogP contribution in [0.3, 0.4) is 0 Å². The number of oxime groups is 1. The van der Waals surface area contributed by atoms with Crippen LogP contribution in [0.4, 0.5) is 8.78 Å². The van der Waals surface area contributed by atoms with E-state index in [1.807, 2.05) is 0 Å². The van der Waals surface area contributed by atoms with Crippen LogP contribution in [0.25, 0.3) is 0 Å². The summed E-state index contributed by atoms with van der Waals surface area (Å²) in [6.45, 7) is 0.214. The van der Waals surface area contributed by atoms with Crippen LogP contribution in [0.1, 0.15) is 30.4 Å². The highest BCUT2D eigenvalue weighted by atomic mass is 19.1. The monoisotopic (exact) mass is 356 g/mol. The van der Waals surface area contributed by atoms with Crippen molar-refractivity contribution in [2.24, 2.45) is 5.16 Å². The van der Waals surface area contributed by atoms with Crippen molar-refractivity contribution in [3.8, 4) is 0 Å². The second-order valence-electron chi connectivity index (χ2n) is 6.64. The summed E-state index contributed by atoms with van der Waals surface area (Å²) in [5.41, 5.74) is 1.63. The average molecular weight is 356 g/mol. The molecule has 0 radical (unpaired) electrons. The zero-order valence-corrected chi connectivity index (χ0v) is 14.1. The van der Waals surface area contributed by atoms with Gasteiger partial charge in [-0.05, 0) is 31.0 Å². The van der Waals surface area contributed by atoms with Crippen LogP contribution in [0.5, 0.6) is 0 Å². The van der Waals surface area contributed by atoms with E-state index in [2.05, 4.69) is 5.16 Å². The molecule has 4 rings (SSSR count). The minimum absolute atomic E-state index is 0.115. The number of halogens is 2. The van der Waals surface area contributed by atoms with E-state index >= 15 is 0 Å². The van der Waals surface area contributed by atoms with Gasteiger partial charge in [0, 0.05) is 30.1 Å². The Hall–Kier alpha value is -2.76. The van der Waals surface area contributed by atoms with Gasteiger partial charge >= 0.3 is 0 Å². The molecule has 1 amide bonds. The van der Waals surface area contributed by atoms with E-state index in [1.165, 1.54) is 18.2 Å². The van der Waals surface area contributed by atoms with Gasteiger partial charge in [0.2, 0.25) is 6.10 Å². The Morgan fingerprint density at radius 1 is 1.15 bits per heavy atom. The minimum Gasteiger partial charge on any atom is -0.382 e. The Labute approximate surface area is 150 Å². The molecule has 1 saturated carbocycles. The first-order valence-corrected chi connectivity index (χ1v) is 8.64. The lowest BCUT2D eigenvalue weighted by molar-refractivity contribution is -0.143. The predicted molar refractivity (Wildman–Crippen MR) is 92.4 cm³/mol. The third kappa shape index (κ3) is 3.45. The topological polar surface area (TPSA) is 41.9 Å². The van der Waals surface area contributed by atoms with E-state index in [0.717, 1.165) is 12.8 Å². The van der Waals surface area contributed by atoms with Crippen LogP contribution < -0.4 is 0 Å². The summed E-state index contributed by atoms with van der Waals surface area (Å²) in [4.78, 5) is 19.9. The number of carbonyl (C=O) groups is 1. The second-order valence-corrected chi connectivity index (χ2v) is 6.64. The summed E-state index contributed by atoms with van der Waals surface area (Å²) < 4.78 is 27.4. The summed E-state index contributed by atoms with van der Waals surface area (Å²) in [6, 6.07) is 12.6. The smallest absolute Gasteiger partial charge is 0.267 e. The Morgan fingerprint density at radius 2 is 1.96 bits per heavy atom.